The first kappa shape index (κ1) is 18.8. The lowest BCUT2D eigenvalue weighted by Gasteiger charge is -2.15. The van der Waals surface area contributed by atoms with Gasteiger partial charge in [0.1, 0.15) is 0 Å². The molecule has 0 bridgehead atoms. The lowest BCUT2D eigenvalue weighted by molar-refractivity contribution is -0.119. The molecule has 0 aliphatic heterocycles. The number of carbonyl (C=O) groups is 2. The average Bonchev–Trinajstić information content (AvgIpc) is 2.98. The molecular weight excluding hydrogens is 368 g/mol. The molecule has 2 aromatic rings. The third-order valence-corrected chi connectivity index (χ3v) is 6.23. The minimum Gasteiger partial charge on any atom is -0.353 e. The van der Waals surface area contributed by atoms with Gasteiger partial charge in [-0.25, -0.2) is 0 Å². The van der Waals surface area contributed by atoms with Gasteiger partial charge in [0.25, 0.3) is 5.91 Å². The Morgan fingerprint density at radius 1 is 1.08 bits per heavy atom. The second-order valence-electron chi connectivity index (χ2n) is 6.24. The van der Waals surface area contributed by atoms with Gasteiger partial charge in [-0.15, -0.1) is 10.2 Å². The number of hydrogen-bond donors (Lipinski definition) is 2. The van der Waals surface area contributed by atoms with Crippen LogP contribution in [0.25, 0.3) is 0 Å². The number of para-hydroxylation sites is 1. The van der Waals surface area contributed by atoms with Crippen molar-refractivity contribution in [3.8, 4) is 0 Å². The molecule has 26 heavy (non-hydrogen) atoms. The van der Waals surface area contributed by atoms with Gasteiger partial charge >= 0.3 is 0 Å². The van der Waals surface area contributed by atoms with Crippen molar-refractivity contribution in [2.75, 3.05) is 11.1 Å². The summed E-state index contributed by atoms with van der Waals surface area (Å²) in [5.41, 5.74) is 0.713. The fourth-order valence-electron chi connectivity index (χ4n) is 2.89. The van der Waals surface area contributed by atoms with Crippen molar-refractivity contribution in [1.29, 1.82) is 0 Å². The van der Waals surface area contributed by atoms with Crippen LogP contribution in [0.5, 0.6) is 0 Å². The van der Waals surface area contributed by atoms with E-state index in [9.17, 15) is 9.59 Å². The molecule has 3 rings (SSSR count). The van der Waals surface area contributed by atoms with Crippen molar-refractivity contribution in [3.63, 3.8) is 0 Å². The SMILES string of the molecule is O=C(CSc1nnc(C(=O)Nc2ccccc2)s1)NC1CCCCCC1. The van der Waals surface area contributed by atoms with Gasteiger partial charge in [0.15, 0.2) is 4.34 Å². The van der Waals surface area contributed by atoms with Gasteiger partial charge in [0.2, 0.25) is 10.9 Å². The lowest BCUT2D eigenvalue weighted by Crippen LogP contribution is -2.35. The van der Waals surface area contributed by atoms with Crippen LogP contribution in [0.15, 0.2) is 34.7 Å². The number of carbonyl (C=O) groups excluding carboxylic acids is 2. The smallest absolute Gasteiger partial charge is 0.286 e. The quantitative estimate of drug-likeness (QED) is 0.580. The van der Waals surface area contributed by atoms with Crippen LogP contribution in [0.4, 0.5) is 5.69 Å². The predicted molar refractivity (Wildman–Crippen MR) is 105 cm³/mol. The van der Waals surface area contributed by atoms with E-state index in [0.29, 0.717) is 26.8 Å². The number of amides is 2. The van der Waals surface area contributed by atoms with Crippen LogP contribution in [0.1, 0.15) is 48.3 Å². The monoisotopic (exact) mass is 390 g/mol. The molecular formula is C18H22N4O2S2. The van der Waals surface area contributed by atoms with E-state index in [2.05, 4.69) is 20.8 Å². The highest BCUT2D eigenvalue weighted by molar-refractivity contribution is 8.01. The van der Waals surface area contributed by atoms with E-state index in [4.69, 9.17) is 0 Å². The number of anilines is 1. The van der Waals surface area contributed by atoms with Crippen molar-refractivity contribution in [1.82, 2.24) is 15.5 Å². The Kier molecular flexibility index (Phi) is 7.02. The van der Waals surface area contributed by atoms with E-state index in [0.717, 1.165) is 12.8 Å². The van der Waals surface area contributed by atoms with Crippen molar-refractivity contribution < 1.29 is 9.59 Å². The number of aromatic nitrogens is 2. The first-order valence-corrected chi connectivity index (χ1v) is 10.6. The Labute approximate surface area is 161 Å². The fourth-order valence-corrected chi connectivity index (χ4v) is 4.44. The fraction of sp³-hybridized carbons (Fsp3) is 0.444. The lowest BCUT2D eigenvalue weighted by atomic mass is 10.1. The number of rotatable bonds is 6. The van der Waals surface area contributed by atoms with Crippen LogP contribution in [-0.2, 0) is 4.79 Å². The molecule has 1 heterocycles. The number of thioether (sulfide) groups is 1. The van der Waals surface area contributed by atoms with Gasteiger partial charge in [-0.3, -0.25) is 9.59 Å². The highest BCUT2D eigenvalue weighted by Gasteiger charge is 2.17. The first-order valence-electron chi connectivity index (χ1n) is 8.83. The van der Waals surface area contributed by atoms with E-state index >= 15 is 0 Å². The van der Waals surface area contributed by atoms with Gasteiger partial charge in [-0.05, 0) is 25.0 Å². The summed E-state index contributed by atoms with van der Waals surface area (Å²) in [4.78, 5) is 24.3. The molecule has 1 aliphatic carbocycles. The topological polar surface area (TPSA) is 84.0 Å². The molecule has 1 aromatic carbocycles. The molecule has 0 atom stereocenters. The van der Waals surface area contributed by atoms with E-state index in [1.54, 1.807) is 0 Å². The van der Waals surface area contributed by atoms with Crippen molar-refractivity contribution in [2.45, 2.75) is 48.9 Å². The zero-order chi connectivity index (χ0) is 18.2. The van der Waals surface area contributed by atoms with Crippen LogP contribution < -0.4 is 10.6 Å². The summed E-state index contributed by atoms with van der Waals surface area (Å²) >= 11 is 2.52. The standard InChI is InChI=1S/C18H22N4O2S2/c23-15(19-13-8-4-1-2-5-9-13)12-25-18-22-21-17(26-18)16(24)20-14-10-6-3-7-11-14/h3,6-7,10-11,13H,1-2,4-5,8-9,12H2,(H,19,23)(H,20,24). The van der Waals surface area contributed by atoms with Gasteiger partial charge in [0.05, 0.1) is 5.75 Å². The second-order valence-corrected chi connectivity index (χ2v) is 8.44. The zero-order valence-corrected chi connectivity index (χ0v) is 16.1. The third kappa shape index (κ3) is 5.81. The molecule has 138 valence electrons. The molecule has 1 aromatic heterocycles. The summed E-state index contributed by atoms with van der Waals surface area (Å²) in [5, 5.41) is 14.1. The Morgan fingerprint density at radius 2 is 1.81 bits per heavy atom. The van der Waals surface area contributed by atoms with Crippen LogP contribution in [0.3, 0.4) is 0 Å². The van der Waals surface area contributed by atoms with Gasteiger partial charge in [0, 0.05) is 11.7 Å². The van der Waals surface area contributed by atoms with Crippen LogP contribution in [-0.4, -0.2) is 33.8 Å². The van der Waals surface area contributed by atoms with E-state index < -0.39 is 0 Å². The summed E-state index contributed by atoms with van der Waals surface area (Å²) in [6.45, 7) is 0. The van der Waals surface area contributed by atoms with Crippen LogP contribution >= 0.6 is 23.1 Å². The minimum absolute atomic E-state index is 0.0207. The molecule has 0 saturated heterocycles. The molecule has 1 saturated carbocycles. The summed E-state index contributed by atoms with van der Waals surface area (Å²) in [5.74, 6) is 0.0293. The number of hydrogen-bond acceptors (Lipinski definition) is 6. The summed E-state index contributed by atoms with van der Waals surface area (Å²) in [6, 6.07) is 9.51. The molecule has 2 amide bonds. The second kappa shape index (κ2) is 9.68. The van der Waals surface area contributed by atoms with Gasteiger partial charge < -0.3 is 10.6 Å². The third-order valence-electron chi connectivity index (χ3n) is 4.18. The normalized spacial score (nSPS) is 15.2. The predicted octanol–water partition coefficient (Wildman–Crippen LogP) is 3.72. The maximum absolute atomic E-state index is 12.2. The summed E-state index contributed by atoms with van der Waals surface area (Å²) in [7, 11) is 0. The Hall–Kier alpha value is -1.93. The zero-order valence-electron chi connectivity index (χ0n) is 14.4. The molecule has 0 unspecified atom stereocenters. The van der Waals surface area contributed by atoms with E-state index in [1.165, 1.54) is 48.8 Å². The Morgan fingerprint density at radius 3 is 2.54 bits per heavy atom. The number of nitrogens with one attached hydrogen (secondary N) is 2. The average molecular weight is 391 g/mol. The molecule has 1 aliphatic rings. The highest BCUT2D eigenvalue weighted by atomic mass is 32.2. The Balaban J connectivity index is 1.45. The van der Waals surface area contributed by atoms with Crippen molar-refractivity contribution in [2.24, 2.45) is 0 Å². The summed E-state index contributed by atoms with van der Waals surface area (Å²) in [6.07, 6.45) is 7.04. The highest BCUT2D eigenvalue weighted by Crippen LogP contribution is 2.23. The maximum atomic E-state index is 12.2. The number of nitrogens with zero attached hydrogens (tertiary/aromatic N) is 2. The van der Waals surface area contributed by atoms with Crippen molar-refractivity contribution >= 4 is 40.6 Å². The maximum Gasteiger partial charge on any atom is 0.286 e. The van der Waals surface area contributed by atoms with E-state index in [-0.39, 0.29) is 11.8 Å². The van der Waals surface area contributed by atoms with E-state index in [1.807, 2.05) is 30.3 Å². The molecule has 2 N–H and O–H groups in total. The van der Waals surface area contributed by atoms with Gasteiger partial charge in [-0.1, -0.05) is 67.0 Å². The Bertz CT molecular complexity index is 728. The summed E-state index contributed by atoms with van der Waals surface area (Å²) < 4.78 is 0.624. The van der Waals surface area contributed by atoms with Crippen LogP contribution in [0.2, 0.25) is 0 Å². The molecule has 0 spiro atoms. The largest absolute Gasteiger partial charge is 0.353 e. The minimum atomic E-state index is -0.288. The van der Waals surface area contributed by atoms with Crippen molar-refractivity contribution in [3.05, 3.63) is 35.3 Å². The molecule has 1 fully saturated rings. The van der Waals surface area contributed by atoms with Gasteiger partial charge in [-0.2, -0.15) is 0 Å². The molecule has 6 nitrogen and oxygen atoms in total. The first-order chi connectivity index (χ1) is 12.7. The molecule has 0 radical (unpaired) electrons. The van der Waals surface area contributed by atoms with Crippen LogP contribution in [0, 0.1) is 0 Å². The number of benzene rings is 1. The molecule has 8 heteroatoms.